The Labute approximate surface area is 147 Å². The summed E-state index contributed by atoms with van der Waals surface area (Å²) in [6.07, 6.45) is 1.23. The van der Waals surface area contributed by atoms with E-state index in [9.17, 15) is 9.90 Å². The van der Waals surface area contributed by atoms with Crippen molar-refractivity contribution in [3.63, 3.8) is 0 Å². The van der Waals surface area contributed by atoms with E-state index in [2.05, 4.69) is 10.6 Å². The molecule has 2 amide bonds. The Bertz CT molecular complexity index is 914. The number of urea groups is 1. The number of nitrogens with zero attached hydrogens (tertiary/aromatic N) is 1. The van der Waals surface area contributed by atoms with Crippen LogP contribution in [0.1, 0.15) is 22.8 Å². The molecule has 0 aliphatic rings. The van der Waals surface area contributed by atoms with Gasteiger partial charge in [0.05, 0.1) is 6.10 Å². The molecule has 5 nitrogen and oxygen atoms in total. The smallest absolute Gasteiger partial charge is 0.319 e. The van der Waals surface area contributed by atoms with E-state index in [-0.39, 0.29) is 12.6 Å². The third-order valence-electron chi connectivity index (χ3n) is 4.51. The highest BCUT2D eigenvalue weighted by molar-refractivity contribution is 5.89. The van der Waals surface area contributed by atoms with Crippen molar-refractivity contribution in [3.05, 3.63) is 65.4 Å². The van der Waals surface area contributed by atoms with Crippen LogP contribution in [-0.4, -0.2) is 22.2 Å². The summed E-state index contributed by atoms with van der Waals surface area (Å²) in [6.45, 7) is 4.18. The van der Waals surface area contributed by atoms with Crippen LogP contribution in [0.4, 0.5) is 10.5 Å². The van der Waals surface area contributed by atoms with E-state index in [1.807, 2.05) is 74.1 Å². The highest BCUT2D eigenvalue weighted by Crippen LogP contribution is 2.21. The fourth-order valence-electron chi connectivity index (χ4n) is 2.81. The molecule has 3 rings (SSSR count). The number of carbonyl (C=O) groups is 1. The van der Waals surface area contributed by atoms with Crippen molar-refractivity contribution in [2.45, 2.75) is 20.0 Å². The molecule has 3 aromatic rings. The van der Waals surface area contributed by atoms with Crippen molar-refractivity contribution in [3.8, 4) is 0 Å². The number of benzene rings is 2. The molecular weight excluding hydrogens is 314 g/mol. The summed E-state index contributed by atoms with van der Waals surface area (Å²) >= 11 is 0. The van der Waals surface area contributed by atoms with Crippen molar-refractivity contribution in [1.82, 2.24) is 9.88 Å². The molecule has 2 aromatic carbocycles. The highest BCUT2D eigenvalue weighted by Gasteiger charge is 2.11. The van der Waals surface area contributed by atoms with E-state index >= 15 is 0 Å². The van der Waals surface area contributed by atoms with Crippen molar-refractivity contribution in [2.24, 2.45) is 7.05 Å². The van der Waals surface area contributed by atoms with Gasteiger partial charge < -0.3 is 20.3 Å². The quantitative estimate of drug-likeness (QED) is 0.680. The van der Waals surface area contributed by atoms with Gasteiger partial charge in [-0.1, -0.05) is 12.1 Å². The lowest BCUT2D eigenvalue weighted by molar-refractivity contribution is 0.175. The predicted octanol–water partition coefficient (Wildman–Crippen LogP) is 3.65. The number of carbonyl (C=O) groups excluding carboxylic acids is 1. The number of aromatic nitrogens is 1. The minimum Gasteiger partial charge on any atom is -0.387 e. The van der Waals surface area contributed by atoms with Gasteiger partial charge in [0.15, 0.2) is 0 Å². The van der Waals surface area contributed by atoms with Gasteiger partial charge in [-0.15, -0.1) is 0 Å². The van der Waals surface area contributed by atoms with Crippen LogP contribution in [0.3, 0.4) is 0 Å². The maximum Gasteiger partial charge on any atom is 0.319 e. The number of rotatable bonds is 4. The summed E-state index contributed by atoms with van der Waals surface area (Å²) in [5.74, 6) is 0. The molecule has 0 aliphatic heterocycles. The number of aliphatic hydroxyl groups is 1. The van der Waals surface area contributed by atoms with Gasteiger partial charge in [-0.25, -0.2) is 4.79 Å². The summed E-state index contributed by atoms with van der Waals surface area (Å²) in [5, 5.41) is 16.9. The molecule has 1 aromatic heterocycles. The first-order valence-corrected chi connectivity index (χ1v) is 8.29. The lowest BCUT2D eigenvalue weighted by Crippen LogP contribution is -2.32. The molecule has 5 heteroatoms. The van der Waals surface area contributed by atoms with Crippen LogP contribution in [0.25, 0.3) is 10.9 Å². The third-order valence-corrected chi connectivity index (χ3v) is 4.51. The number of amides is 2. The van der Waals surface area contributed by atoms with Gasteiger partial charge in [-0.2, -0.15) is 0 Å². The monoisotopic (exact) mass is 337 g/mol. The minimum absolute atomic E-state index is 0.148. The molecule has 0 fully saturated rings. The second-order valence-corrected chi connectivity index (χ2v) is 6.39. The molecule has 0 radical (unpaired) electrons. The van der Waals surface area contributed by atoms with Crippen LogP contribution >= 0.6 is 0 Å². The van der Waals surface area contributed by atoms with E-state index in [1.165, 1.54) is 5.56 Å². The number of fused-ring (bicyclic) bond motifs is 1. The molecule has 0 spiro atoms. The van der Waals surface area contributed by atoms with Crippen LogP contribution in [0.5, 0.6) is 0 Å². The number of anilines is 1. The molecule has 3 N–H and O–H groups in total. The third kappa shape index (κ3) is 3.83. The number of hydrogen-bond donors (Lipinski definition) is 3. The molecule has 0 aliphatic carbocycles. The van der Waals surface area contributed by atoms with Crippen molar-refractivity contribution in [2.75, 3.05) is 11.9 Å². The summed E-state index contributed by atoms with van der Waals surface area (Å²) in [4.78, 5) is 12.0. The lowest BCUT2D eigenvalue weighted by atomic mass is 10.1. The number of aliphatic hydroxyl groups excluding tert-OH is 1. The number of hydrogen-bond acceptors (Lipinski definition) is 2. The second kappa shape index (κ2) is 6.99. The first-order chi connectivity index (χ1) is 11.9. The molecule has 1 heterocycles. The maximum absolute atomic E-state index is 12.0. The molecule has 1 atom stereocenters. The molecule has 130 valence electrons. The van der Waals surface area contributed by atoms with Crippen molar-refractivity contribution < 1.29 is 9.90 Å². The Kier molecular flexibility index (Phi) is 4.76. The van der Waals surface area contributed by atoms with E-state index < -0.39 is 6.10 Å². The second-order valence-electron chi connectivity index (χ2n) is 6.39. The predicted molar refractivity (Wildman–Crippen MR) is 101 cm³/mol. The van der Waals surface area contributed by atoms with Crippen LogP contribution in [-0.2, 0) is 7.05 Å². The zero-order chi connectivity index (χ0) is 18.0. The van der Waals surface area contributed by atoms with Gasteiger partial charge in [0.25, 0.3) is 0 Å². The Morgan fingerprint density at radius 1 is 1.12 bits per heavy atom. The molecule has 1 unspecified atom stereocenters. The fourth-order valence-corrected chi connectivity index (χ4v) is 2.81. The molecule has 0 saturated carbocycles. The highest BCUT2D eigenvalue weighted by atomic mass is 16.3. The number of nitrogens with one attached hydrogen (secondary N) is 2. The van der Waals surface area contributed by atoms with E-state index in [0.717, 1.165) is 27.7 Å². The Morgan fingerprint density at radius 2 is 1.92 bits per heavy atom. The Balaban J connectivity index is 1.59. The normalized spacial score (nSPS) is 12.2. The van der Waals surface area contributed by atoms with E-state index in [4.69, 9.17) is 0 Å². The minimum atomic E-state index is -0.755. The van der Waals surface area contributed by atoms with Crippen LogP contribution in [0, 0.1) is 13.8 Å². The first-order valence-electron chi connectivity index (χ1n) is 8.29. The summed E-state index contributed by atoms with van der Waals surface area (Å²) in [6, 6.07) is 13.2. The van der Waals surface area contributed by atoms with Gasteiger partial charge in [0, 0.05) is 31.0 Å². The van der Waals surface area contributed by atoms with E-state index in [1.54, 1.807) is 0 Å². The Hall–Kier alpha value is -2.79. The first kappa shape index (κ1) is 17.0. The molecule has 0 bridgehead atoms. The van der Waals surface area contributed by atoms with Crippen molar-refractivity contribution >= 4 is 22.6 Å². The summed E-state index contributed by atoms with van der Waals surface area (Å²) in [5.41, 5.74) is 4.93. The molecule has 0 saturated heterocycles. The van der Waals surface area contributed by atoms with Crippen molar-refractivity contribution in [1.29, 1.82) is 0 Å². The van der Waals surface area contributed by atoms with Crippen LogP contribution in [0.15, 0.2) is 48.7 Å². The van der Waals surface area contributed by atoms with E-state index in [0.29, 0.717) is 0 Å². The Morgan fingerprint density at radius 3 is 2.68 bits per heavy atom. The SMILES string of the molecule is Cc1ccc(NC(=O)NCC(O)c2ccc3c(ccn3C)c2)cc1C. The average molecular weight is 337 g/mol. The largest absolute Gasteiger partial charge is 0.387 e. The zero-order valence-electron chi connectivity index (χ0n) is 14.7. The van der Waals surface area contributed by atoms with Crippen LogP contribution < -0.4 is 10.6 Å². The van der Waals surface area contributed by atoms with Gasteiger partial charge in [-0.3, -0.25) is 0 Å². The van der Waals surface area contributed by atoms with Gasteiger partial charge in [-0.05, 0) is 66.3 Å². The van der Waals surface area contributed by atoms with Gasteiger partial charge in [0.1, 0.15) is 0 Å². The van der Waals surface area contributed by atoms with Crippen LogP contribution in [0.2, 0.25) is 0 Å². The topological polar surface area (TPSA) is 66.3 Å². The van der Waals surface area contributed by atoms with Gasteiger partial charge in [0.2, 0.25) is 0 Å². The average Bonchev–Trinajstić information content (AvgIpc) is 2.96. The van der Waals surface area contributed by atoms with Gasteiger partial charge >= 0.3 is 6.03 Å². The lowest BCUT2D eigenvalue weighted by Gasteiger charge is -2.14. The molecular formula is C20H23N3O2. The zero-order valence-corrected chi connectivity index (χ0v) is 14.7. The number of aryl methyl sites for hydroxylation is 3. The molecule has 25 heavy (non-hydrogen) atoms. The summed E-state index contributed by atoms with van der Waals surface area (Å²) in [7, 11) is 1.98. The maximum atomic E-state index is 12.0. The summed E-state index contributed by atoms with van der Waals surface area (Å²) < 4.78 is 2.03. The fraction of sp³-hybridized carbons (Fsp3) is 0.250. The standard InChI is InChI=1S/C20H23N3O2/c1-13-4-6-17(10-14(13)2)22-20(25)21-12-19(24)16-5-7-18-15(11-16)8-9-23(18)3/h4-11,19,24H,12H2,1-3H3,(H2,21,22,25).